The van der Waals surface area contributed by atoms with Crippen LogP contribution in [0, 0.1) is 6.92 Å². The number of nitrogens with zero attached hydrogens (tertiary/aromatic N) is 3. The van der Waals surface area contributed by atoms with Crippen molar-refractivity contribution >= 4 is 17.1 Å². The van der Waals surface area contributed by atoms with Crippen molar-refractivity contribution < 1.29 is 14.2 Å². The first-order valence-electron chi connectivity index (χ1n) is 11.9. The summed E-state index contributed by atoms with van der Waals surface area (Å²) in [6.07, 6.45) is 1.63. The number of aryl methyl sites for hydroxylation is 1. The van der Waals surface area contributed by atoms with Gasteiger partial charge >= 0.3 is 0 Å². The molecule has 0 saturated carbocycles. The summed E-state index contributed by atoms with van der Waals surface area (Å²) in [4.78, 5) is 18.5. The van der Waals surface area contributed by atoms with Gasteiger partial charge in [0.1, 0.15) is 5.75 Å². The van der Waals surface area contributed by atoms with E-state index in [4.69, 9.17) is 19.2 Å². The maximum Gasteiger partial charge on any atom is 0.282 e. The number of hydrogen-bond donors (Lipinski definition) is 0. The molecule has 7 heteroatoms. The van der Waals surface area contributed by atoms with E-state index >= 15 is 0 Å². The number of aromatic nitrogens is 2. The monoisotopic (exact) mass is 485 g/mol. The molecule has 0 fully saturated rings. The number of hydrogen-bond acceptors (Lipinski definition) is 6. The van der Waals surface area contributed by atoms with Gasteiger partial charge in [0.2, 0.25) is 0 Å². The molecule has 1 heterocycles. The molecule has 4 rings (SSSR count). The SMILES string of the molecule is CCOc1cc(C=Nn2c(-c3cc(C(C)C)c(OC)cc3C)nc3ccccc3c2=O)ccc1OC. The van der Waals surface area contributed by atoms with Crippen molar-refractivity contribution in [2.75, 3.05) is 20.8 Å². The Bertz CT molecular complexity index is 1490. The van der Waals surface area contributed by atoms with Crippen molar-refractivity contribution in [3.63, 3.8) is 0 Å². The average Bonchev–Trinajstić information content (AvgIpc) is 2.88. The van der Waals surface area contributed by atoms with Gasteiger partial charge in [-0.25, -0.2) is 4.98 Å². The van der Waals surface area contributed by atoms with Crippen LogP contribution in [0.25, 0.3) is 22.3 Å². The summed E-state index contributed by atoms with van der Waals surface area (Å²) in [5, 5.41) is 5.10. The maximum absolute atomic E-state index is 13.6. The quantitative estimate of drug-likeness (QED) is 0.295. The second-order valence-corrected chi connectivity index (χ2v) is 8.72. The lowest BCUT2D eigenvalue weighted by Crippen LogP contribution is -2.20. The van der Waals surface area contributed by atoms with Crippen LogP contribution in [0.1, 0.15) is 43.4 Å². The summed E-state index contributed by atoms with van der Waals surface area (Å²) >= 11 is 0. The minimum absolute atomic E-state index is 0.222. The third kappa shape index (κ3) is 4.82. The number of para-hydroxylation sites is 1. The van der Waals surface area contributed by atoms with Crippen LogP contribution in [0.4, 0.5) is 0 Å². The summed E-state index contributed by atoms with van der Waals surface area (Å²) in [7, 11) is 3.26. The summed E-state index contributed by atoms with van der Waals surface area (Å²) < 4.78 is 18.1. The molecule has 0 aliphatic heterocycles. The van der Waals surface area contributed by atoms with Crippen LogP contribution in [-0.4, -0.2) is 36.7 Å². The van der Waals surface area contributed by atoms with Crippen molar-refractivity contribution in [1.29, 1.82) is 0 Å². The van der Waals surface area contributed by atoms with E-state index in [1.807, 2.05) is 62.4 Å². The van der Waals surface area contributed by atoms with Crippen molar-refractivity contribution in [3.05, 3.63) is 81.6 Å². The maximum atomic E-state index is 13.6. The molecule has 0 unspecified atom stereocenters. The molecule has 4 aromatic rings. The molecule has 0 radical (unpaired) electrons. The predicted molar refractivity (Wildman–Crippen MR) is 144 cm³/mol. The van der Waals surface area contributed by atoms with E-state index in [1.165, 1.54) is 4.68 Å². The Morgan fingerprint density at radius 1 is 1.00 bits per heavy atom. The van der Waals surface area contributed by atoms with Gasteiger partial charge in [0.25, 0.3) is 5.56 Å². The highest BCUT2D eigenvalue weighted by molar-refractivity contribution is 5.83. The third-order valence-corrected chi connectivity index (χ3v) is 6.00. The first-order valence-corrected chi connectivity index (χ1v) is 11.9. The predicted octanol–water partition coefficient (Wildman–Crippen LogP) is 5.79. The van der Waals surface area contributed by atoms with Gasteiger partial charge in [-0.05, 0) is 78.9 Å². The Balaban J connectivity index is 1.93. The number of ether oxygens (including phenoxy) is 3. The van der Waals surface area contributed by atoms with Gasteiger partial charge in [-0.3, -0.25) is 4.79 Å². The fourth-order valence-electron chi connectivity index (χ4n) is 4.14. The minimum atomic E-state index is -0.244. The number of rotatable bonds is 8. The zero-order valence-corrected chi connectivity index (χ0v) is 21.5. The second kappa shape index (κ2) is 10.6. The van der Waals surface area contributed by atoms with Gasteiger partial charge < -0.3 is 14.2 Å². The molecule has 0 amide bonds. The molecule has 0 bridgehead atoms. The zero-order valence-electron chi connectivity index (χ0n) is 21.5. The molecule has 0 saturated heterocycles. The third-order valence-electron chi connectivity index (χ3n) is 6.00. The van der Waals surface area contributed by atoms with Crippen molar-refractivity contribution in [3.8, 4) is 28.6 Å². The second-order valence-electron chi connectivity index (χ2n) is 8.72. The molecule has 0 aliphatic rings. The summed E-state index contributed by atoms with van der Waals surface area (Å²) in [6.45, 7) is 8.61. The van der Waals surface area contributed by atoms with Crippen LogP contribution in [0.3, 0.4) is 0 Å². The van der Waals surface area contributed by atoms with E-state index in [0.29, 0.717) is 34.8 Å². The fourth-order valence-corrected chi connectivity index (χ4v) is 4.14. The smallest absolute Gasteiger partial charge is 0.282 e. The van der Waals surface area contributed by atoms with Crippen LogP contribution < -0.4 is 19.8 Å². The molecule has 3 aromatic carbocycles. The molecule has 0 aliphatic carbocycles. The van der Waals surface area contributed by atoms with E-state index in [2.05, 4.69) is 18.9 Å². The molecule has 0 N–H and O–H groups in total. The zero-order chi connectivity index (χ0) is 25.8. The Morgan fingerprint density at radius 2 is 1.75 bits per heavy atom. The lowest BCUT2D eigenvalue weighted by atomic mass is 9.96. The molecule has 7 nitrogen and oxygen atoms in total. The molecule has 0 spiro atoms. The highest BCUT2D eigenvalue weighted by atomic mass is 16.5. The molecule has 36 heavy (non-hydrogen) atoms. The Morgan fingerprint density at radius 3 is 2.44 bits per heavy atom. The fraction of sp³-hybridized carbons (Fsp3) is 0.276. The molecular formula is C29H31N3O4. The van der Waals surface area contributed by atoms with Gasteiger partial charge in [-0.15, -0.1) is 0 Å². The van der Waals surface area contributed by atoms with Crippen LogP contribution in [0.15, 0.2) is 64.5 Å². The standard InChI is InChI=1S/C29H31N3O4/c1-7-36-27-15-20(12-13-25(27)34-5)17-30-32-28(31-24-11-9-8-10-21(24)29(32)33)23-16-22(18(2)3)26(35-6)14-19(23)4/h8-18H,7H2,1-6H3. The van der Waals surface area contributed by atoms with E-state index < -0.39 is 0 Å². The number of benzene rings is 3. The van der Waals surface area contributed by atoms with Crippen LogP contribution in [-0.2, 0) is 0 Å². The van der Waals surface area contributed by atoms with Crippen LogP contribution >= 0.6 is 0 Å². The van der Waals surface area contributed by atoms with Gasteiger partial charge in [-0.2, -0.15) is 9.78 Å². The first kappa shape index (κ1) is 25.0. The van der Waals surface area contributed by atoms with Crippen molar-refractivity contribution in [2.24, 2.45) is 5.10 Å². The largest absolute Gasteiger partial charge is 0.496 e. The van der Waals surface area contributed by atoms with Crippen LogP contribution in [0.5, 0.6) is 17.2 Å². The minimum Gasteiger partial charge on any atom is -0.496 e. The average molecular weight is 486 g/mol. The van der Waals surface area contributed by atoms with Crippen LogP contribution in [0.2, 0.25) is 0 Å². The number of methoxy groups -OCH3 is 2. The lowest BCUT2D eigenvalue weighted by Gasteiger charge is -2.17. The Kier molecular flexibility index (Phi) is 7.38. The molecule has 186 valence electrons. The van der Waals surface area contributed by atoms with Gasteiger partial charge in [0.15, 0.2) is 17.3 Å². The lowest BCUT2D eigenvalue weighted by molar-refractivity contribution is 0.311. The topological polar surface area (TPSA) is 74.9 Å². The summed E-state index contributed by atoms with van der Waals surface area (Å²) in [6, 6.07) is 16.8. The number of fused-ring (bicyclic) bond motifs is 1. The van der Waals surface area contributed by atoms with Gasteiger partial charge in [-0.1, -0.05) is 26.0 Å². The molecule has 0 atom stereocenters. The molecular weight excluding hydrogens is 454 g/mol. The van der Waals surface area contributed by atoms with E-state index in [9.17, 15) is 4.79 Å². The van der Waals surface area contributed by atoms with Crippen molar-refractivity contribution in [1.82, 2.24) is 9.66 Å². The van der Waals surface area contributed by atoms with Gasteiger partial charge in [0.05, 0.1) is 37.9 Å². The summed E-state index contributed by atoms with van der Waals surface area (Å²) in [5.41, 5.74) is 3.93. The highest BCUT2D eigenvalue weighted by Crippen LogP contribution is 2.34. The Hall–Kier alpha value is -4.13. The Labute approximate surface area is 211 Å². The van der Waals surface area contributed by atoms with E-state index in [0.717, 1.165) is 28.0 Å². The first-order chi connectivity index (χ1) is 17.4. The highest BCUT2D eigenvalue weighted by Gasteiger charge is 2.18. The van der Waals surface area contributed by atoms with E-state index in [1.54, 1.807) is 26.5 Å². The van der Waals surface area contributed by atoms with Crippen molar-refractivity contribution in [2.45, 2.75) is 33.6 Å². The molecule has 1 aromatic heterocycles. The summed E-state index contributed by atoms with van der Waals surface area (Å²) in [5.74, 6) is 2.75. The normalized spacial score (nSPS) is 11.4. The van der Waals surface area contributed by atoms with E-state index in [-0.39, 0.29) is 11.5 Å². The van der Waals surface area contributed by atoms with Gasteiger partial charge in [0, 0.05) is 5.56 Å².